The first-order valence-electron chi connectivity index (χ1n) is 9.86. The molecule has 3 aromatic rings. The molecule has 0 unspecified atom stereocenters. The molecule has 1 fully saturated rings. The lowest BCUT2D eigenvalue weighted by Gasteiger charge is -2.31. The van der Waals surface area contributed by atoms with Crippen molar-refractivity contribution in [3.8, 4) is 0 Å². The van der Waals surface area contributed by atoms with Crippen molar-refractivity contribution in [1.82, 2.24) is 0 Å². The molecule has 0 amide bonds. The van der Waals surface area contributed by atoms with Crippen molar-refractivity contribution in [2.75, 3.05) is 23.3 Å². The number of nitrogens with one attached hydrogen (secondary N) is 1. The fourth-order valence-corrected chi connectivity index (χ4v) is 3.92. The summed E-state index contributed by atoms with van der Waals surface area (Å²) >= 11 is 0. The van der Waals surface area contributed by atoms with Crippen LogP contribution in [0.25, 0.3) is 10.8 Å². The van der Waals surface area contributed by atoms with Crippen LogP contribution in [0, 0.1) is 16.0 Å². The molecule has 5 heteroatoms. The Hall–Kier alpha value is -3.08. The van der Waals surface area contributed by atoms with Crippen LogP contribution in [0.15, 0.2) is 60.7 Å². The van der Waals surface area contributed by atoms with E-state index in [1.807, 2.05) is 36.4 Å². The molecule has 0 atom stereocenters. The van der Waals surface area contributed by atoms with Gasteiger partial charge in [0.2, 0.25) is 0 Å². The van der Waals surface area contributed by atoms with E-state index < -0.39 is 0 Å². The maximum absolute atomic E-state index is 11.7. The third-order valence-electron chi connectivity index (χ3n) is 5.63. The van der Waals surface area contributed by atoms with E-state index in [0.717, 1.165) is 48.3 Å². The number of piperidine rings is 1. The van der Waals surface area contributed by atoms with Gasteiger partial charge in [0, 0.05) is 36.8 Å². The molecular weight excluding hydrogens is 350 g/mol. The van der Waals surface area contributed by atoms with Crippen LogP contribution in [-0.2, 0) is 6.54 Å². The van der Waals surface area contributed by atoms with E-state index in [9.17, 15) is 10.1 Å². The zero-order chi connectivity index (χ0) is 19.5. The first kappa shape index (κ1) is 18.3. The predicted octanol–water partition coefficient (Wildman–Crippen LogP) is 5.60. The Morgan fingerprint density at radius 3 is 2.61 bits per heavy atom. The van der Waals surface area contributed by atoms with Crippen molar-refractivity contribution in [3.63, 3.8) is 0 Å². The topological polar surface area (TPSA) is 58.4 Å². The van der Waals surface area contributed by atoms with Crippen LogP contribution in [-0.4, -0.2) is 18.0 Å². The highest BCUT2D eigenvalue weighted by molar-refractivity contribution is 5.93. The van der Waals surface area contributed by atoms with Gasteiger partial charge in [-0.3, -0.25) is 10.1 Å². The van der Waals surface area contributed by atoms with Crippen molar-refractivity contribution in [1.29, 1.82) is 0 Å². The molecule has 0 aliphatic carbocycles. The van der Waals surface area contributed by atoms with Gasteiger partial charge in [0.15, 0.2) is 0 Å². The highest BCUT2D eigenvalue weighted by atomic mass is 16.6. The molecule has 1 N–H and O–H groups in total. The molecule has 4 rings (SSSR count). The Kier molecular flexibility index (Phi) is 5.15. The minimum absolute atomic E-state index is 0.201. The third-order valence-corrected chi connectivity index (χ3v) is 5.63. The Bertz CT molecular complexity index is 989. The van der Waals surface area contributed by atoms with Crippen molar-refractivity contribution >= 4 is 27.8 Å². The summed E-state index contributed by atoms with van der Waals surface area (Å²) in [5.41, 5.74) is 2.89. The van der Waals surface area contributed by atoms with Gasteiger partial charge in [-0.1, -0.05) is 49.4 Å². The second-order valence-corrected chi connectivity index (χ2v) is 7.63. The molecule has 1 aliphatic rings. The van der Waals surface area contributed by atoms with E-state index in [4.69, 9.17) is 0 Å². The number of fused-ring (bicyclic) bond motifs is 1. The maximum Gasteiger partial charge on any atom is 0.292 e. The van der Waals surface area contributed by atoms with Gasteiger partial charge in [0.1, 0.15) is 5.69 Å². The normalized spacial score (nSPS) is 15.0. The second kappa shape index (κ2) is 7.89. The van der Waals surface area contributed by atoms with Gasteiger partial charge in [0.05, 0.1) is 4.92 Å². The van der Waals surface area contributed by atoms with Crippen LogP contribution in [0.3, 0.4) is 0 Å². The molecule has 1 saturated heterocycles. The van der Waals surface area contributed by atoms with E-state index in [1.165, 1.54) is 5.39 Å². The predicted molar refractivity (Wildman–Crippen MR) is 115 cm³/mol. The zero-order valence-corrected chi connectivity index (χ0v) is 16.1. The summed E-state index contributed by atoms with van der Waals surface area (Å²) in [6.45, 7) is 4.56. The Morgan fingerprint density at radius 2 is 1.82 bits per heavy atom. The zero-order valence-electron chi connectivity index (χ0n) is 16.1. The van der Waals surface area contributed by atoms with Crippen molar-refractivity contribution in [2.45, 2.75) is 26.3 Å². The molecular formula is C23H25N3O2. The molecule has 144 valence electrons. The summed E-state index contributed by atoms with van der Waals surface area (Å²) in [6.07, 6.45) is 2.17. The first-order chi connectivity index (χ1) is 13.6. The van der Waals surface area contributed by atoms with Gasteiger partial charge in [-0.2, -0.15) is 0 Å². The summed E-state index contributed by atoms with van der Waals surface area (Å²) in [5.74, 6) is 0.694. The summed E-state index contributed by atoms with van der Waals surface area (Å²) < 4.78 is 0. The van der Waals surface area contributed by atoms with Crippen LogP contribution in [0.4, 0.5) is 17.1 Å². The van der Waals surface area contributed by atoms with Crippen LogP contribution >= 0.6 is 0 Å². The van der Waals surface area contributed by atoms with Gasteiger partial charge >= 0.3 is 0 Å². The molecule has 0 saturated carbocycles. The fraction of sp³-hybridized carbons (Fsp3) is 0.304. The largest absolute Gasteiger partial charge is 0.380 e. The fourth-order valence-electron chi connectivity index (χ4n) is 3.92. The smallest absolute Gasteiger partial charge is 0.292 e. The first-order valence-corrected chi connectivity index (χ1v) is 9.86. The van der Waals surface area contributed by atoms with Gasteiger partial charge in [-0.25, -0.2) is 0 Å². The van der Waals surface area contributed by atoms with E-state index in [2.05, 4.69) is 35.3 Å². The molecule has 0 aromatic heterocycles. The van der Waals surface area contributed by atoms with Crippen LogP contribution < -0.4 is 10.2 Å². The summed E-state index contributed by atoms with van der Waals surface area (Å²) in [7, 11) is 0. The van der Waals surface area contributed by atoms with Gasteiger partial charge < -0.3 is 10.2 Å². The summed E-state index contributed by atoms with van der Waals surface area (Å²) in [5, 5.41) is 17.5. The number of rotatable bonds is 5. The minimum atomic E-state index is -0.255. The number of hydrogen-bond acceptors (Lipinski definition) is 4. The third kappa shape index (κ3) is 3.79. The van der Waals surface area contributed by atoms with E-state index in [1.54, 1.807) is 6.07 Å². The standard InChI is InChI=1S/C23H25N3O2/c1-17-11-13-25(14-12-17)22-10-9-18(15-23(22)26(27)28)16-24-21-8-4-6-19-5-2-3-7-20(19)21/h2-10,15,17,24H,11-14,16H2,1H3. The molecule has 5 nitrogen and oxygen atoms in total. The number of nitro groups is 1. The van der Waals surface area contributed by atoms with E-state index in [0.29, 0.717) is 12.5 Å². The highest BCUT2D eigenvalue weighted by Gasteiger charge is 2.23. The number of nitrogens with zero attached hydrogens (tertiary/aromatic N) is 2. The SMILES string of the molecule is CC1CCN(c2ccc(CNc3cccc4ccccc34)cc2[N+](=O)[O-])CC1. The monoisotopic (exact) mass is 375 g/mol. The lowest BCUT2D eigenvalue weighted by molar-refractivity contribution is -0.384. The van der Waals surface area contributed by atoms with Crippen molar-refractivity contribution in [3.05, 3.63) is 76.3 Å². The van der Waals surface area contributed by atoms with Crippen LogP contribution in [0.2, 0.25) is 0 Å². The van der Waals surface area contributed by atoms with Gasteiger partial charge in [0.25, 0.3) is 5.69 Å². The number of nitro benzene ring substituents is 1. The van der Waals surface area contributed by atoms with E-state index in [-0.39, 0.29) is 10.6 Å². The summed E-state index contributed by atoms with van der Waals surface area (Å²) in [6, 6.07) is 20.0. The second-order valence-electron chi connectivity index (χ2n) is 7.63. The van der Waals surface area contributed by atoms with Gasteiger partial charge in [-0.05, 0) is 41.8 Å². The Labute approximate surface area is 165 Å². The highest BCUT2D eigenvalue weighted by Crippen LogP contribution is 2.33. The van der Waals surface area contributed by atoms with Gasteiger partial charge in [-0.15, -0.1) is 0 Å². The summed E-state index contributed by atoms with van der Waals surface area (Å²) in [4.78, 5) is 13.6. The molecule has 3 aromatic carbocycles. The molecule has 28 heavy (non-hydrogen) atoms. The van der Waals surface area contributed by atoms with Crippen LogP contribution in [0.1, 0.15) is 25.3 Å². The van der Waals surface area contributed by atoms with Crippen molar-refractivity contribution < 1.29 is 4.92 Å². The number of benzene rings is 3. The average Bonchev–Trinajstić information content (AvgIpc) is 2.72. The molecule has 1 aliphatic heterocycles. The molecule has 0 radical (unpaired) electrons. The molecule has 0 bridgehead atoms. The lowest BCUT2D eigenvalue weighted by Crippen LogP contribution is -2.33. The molecule has 0 spiro atoms. The lowest BCUT2D eigenvalue weighted by atomic mass is 9.98. The average molecular weight is 375 g/mol. The van der Waals surface area contributed by atoms with E-state index >= 15 is 0 Å². The van der Waals surface area contributed by atoms with Crippen molar-refractivity contribution in [2.24, 2.45) is 5.92 Å². The van der Waals surface area contributed by atoms with Crippen LogP contribution in [0.5, 0.6) is 0 Å². The Balaban J connectivity index is 1.55. The minimum Gasteiger partial charge on any atom is -0.380 e. The molecule has 1 heterocycles. The quantitative estimate of drug-likeness (QED) is 0.466. The maximum atomic E-state index is 11.7. The number of anilines is 2. The Morgan fingerprint density at radius 1 is 1.07 bits per heavy atom. The number of hydrogen-bond donors (Lipinski definition) is 1.